The zero-order valence-corrected chi connectivity index (χ0v) is 16.1. The van der Waals surface area contributed by atoms with Gasteiger partial charge in [0.15, 0.2) is 5.96 Å². The maximum Gasteiger partial charge on any atom is 0.191 e. The molecule has 0 unspecified atom stereocenters. The van der Waals surface area contributed by atoms with E-state index in [0.717, 1.165) is 23.8 Å². The van der Waals surface area contributed by atoms with Crippen LogP contribution in [-0.4, -0.2) is 26.2 Å². The second-order valence-electron chi connectivity index (χ2n) is 5.71. The van der Waals surface area contributed by atoms with Gasteiger partial charge in [-0.25, -0.2) is 0 Å². The van der Waals surface area contributed by atoms with Crippen LogP contribution in [0.3, 0.4) is 0 Å². The molecule has 0 amide bonds. The van der Waals surface area contributed by atoms with Crippen LogP contribution in [0.15, 0.2) is 23.2 Å². The van der Waals surface area contributed by atoms with E-state index < -0.39 is 0 Å². The van der Waals surface area contributed by atoms with E-state index in [2.05, 4.69) is 34.7 Å². The molecular formula is C17H28IN3O. The lowest BCUT2D eigenvalue weighted by molar-refractivity contribution is 0.409. The average molecular weight is 417 g/mol. The van der Waals surface area contributed by atoms with Crippen LogP contribution in [0.2, 0.25) is 0 Å². The molecule has 0 spiro atoms. The van der Waals surface area contributed by atoms with Gasteiger partial charge in [-0.05, 0) is 37.0 Å². The molecule has 2 N–H and O–H groups in total. The Labute approximate surface area is 151 Å². The maximum atomic E-state index is 5.29. The highest BCUT2D eigenvalue weighted by molar-refractivity contribution is 14.0. The molecule has 124 valence electrons. The number of nitrogens with zero attached hydrogens (tertiary/aromatic N) is 1. The third-order valence-electron chi connectivity index (χ3n) is 4.09. The molecule has 1 fully saturated rings. The van der Waals surface area contributed by atoms with E-state index in [1.165, 1.54) is 37.7 Å². The molecule has 22 heavy (non-hydrogen) atoms. The number of aliphatic imine (C=N–C) groups is 1. The summed E-state index contributed by atoms with van der Waals surface area (Å²) in [5.74, 6) is 1.83. The van der Waals surface area contributed by atoms with Crippen molar-refractivity contribution in [3.05, 3.63) is 29.3 Å². The quantitative estimate of drug-likeness (QED) is 0.447. The molecule has 5 heteroatoms. The first-order valence-corrected chi connectivity index (χ1v) is 7.83. The fourth-order valence-electron chi connectivity index (χ4n) is 2.87. The van der Waals surface area contributed by atoms with Crippen LogP contribution in [0, 0.1) is 6.92 Å². The lowest BCUT2D eigenvalue weighted by Gasteiger charge is -2.25. The van der Waals surface area contributed by atoms with Crippen molar-refractivity contribution in [1.29, 1.82) is 0 Å². The first-order valence-electron chi connectivity index (χ1n) is 7.83. The molecule has 0 aromatic heterocycles. The minimum Gasteiger partial charge on any atom is -0.496 e. The van der Waals surface area contributed by atoms with Crippen molar-refractivity contribution in [1.82, 2.24) is 10.6 Å². The molecule has 0 bridgehead atoms. The van der Waals surface area contributed by atoms with Crippen LogP contribution in [0.25, 0.3) is 0 Å². The number of rotatable bonds is 4. The number of benzene rings is 1. The van der Waals surface area contributed by atoms with Gasteiger partial charge in [0, 0.05) is 19.6 Å². The van der Waals surface area contributed by atoms with Crippen LogP contribution in [0.4, 0.5) is 0 Å². The van der Waals surface area contributed by atoms with Gasteiger partial charge in [0.2, 0.25) is 0 Å². The predicted molar refractivity (Wildman–Crippen MR) is 103 cm³/mol. The summed E-state index contributed by atoms with van der Waals surface area (Å²) >= 11 is 0. The second-order valence-corrected chi connectivity index (χ2v) is 5.71. The van der Waals surface area contributed by atoms with Gasteiger partial charge in [0.25, 0.3) is 0 Å². The van der Waals surface area contributed by atoms with Crippen LogP contribution in [0.1, 0.15) is 43.2 Å². The molecule has 1 saturated carbocycles. The van der Waals surface area contributed by atoms with Gasteiger partial charge < -0.3 is 15.4 Å². The van der Waals surface area contributed by atoms with Gasteiger partial charge in [0.1, 0.15) is 5.75 Å². The third-order valence-corrected chi connectivity index (χ3v) is 4.09. The number of ether oxygens (including phenoxy) is 1. The molecule has 2 rings (SSSR count). The second kappa shape index (κ2) is 9.92. The van der Waals surface area contributed by atoms with Crippen molar-refractivity contribution in [2.24, 2.45) is 4.99 Å². The van der Waals surface area contributed by atoms with Gasteiger partial charge in [0.05, 0.1) is 7.11 Å². The summed E-state index contributed by atoms with van der Waals surface area (Å²) in [6.07, 6.45) is 6.53. The van der Waals surface area contributed by atoms with Crippen molar-refractivity contribution >= 4 is 29.9 Å². The number of halogens is 1. The molecule has 1 aromatic carbocycles. The van der Waals surface area contributed by atoms with Gasteiger partial charge in [-0.3, -0.25) is 4.99 Å². The fraction of sp³-hybridized carbons (Fsp3) is 0.588. The Morgan fingerprint density at radius 3 is 2.59 bits per heavy atom. The number of nitrogens with one attached hydrogen (secondary N) is 2. The summed E-state index contributed by atoms with van der Waals surface area (Å²) in [6, 6.07) is 6.83. The first-order chi connectivity index (χ1) is 10.2. The van der Waals surface area contributed by atoms with Gasteiger partial charge in [-0.2, -0.15) is 0 Å². The lowest BCUT2D eigenvalue weighted by atomic mass is 9.96. The highest BCUT2D eigenvalue weighted by Gasteiger charge is 2.14. The SMILES string of the molecule is CN=C(NCc1ccc(OC)c(C)c1)NC1CCCCC1.I. The molecule has 0 saturated heterocycles. The molecule has 1 aromatic rings. The molecule has 1 aliphatic rings. The van der Waals surface area contributed by atoms with Crippen LogP contribution in [0.5, 0.6) is 5.75 Å². The summed E-state index contributed by atoms with van der Waals surface area (Å²) < 4.78 is 5.29. The monoisotopic (exact) mass is 417 g/mol. The highest BCUT2D eigenvalue weighted by atomic mass is 127. The lowest BCUT2D eigenvalue weighted by Crippen LogP contribution is -2.43. The fourth-order valence-corrected chi connectivity index (χ4v) is 2.87. The number of hydrogen-bond donors (Lipinski definition) is 2. The molecule has 0 atom stereocenters. The Balaban J connectivity index is 0.00000242. The van der Waals surface area contributed by atoms with E-state index in [4.69, 9.17) is 4.74 Å². The zero-order chi connectivity index (χ0) is 15.1. The summed E-state index contributed by atoms with van der Waals surface area (Å²) in [4.78, 5) is 4.32. The largest absolute Gasteiger partial charge is 0.496 e. The standard InChI is InChI=1S/C17H27N3O.HI/c1-13-11-14(9-10-16(13)21-3)12-19-17(18-2)20-15-7-5-4-6-8-15;/h9-11,15H,4-8,12H2,1-3H3,(H2,18,19,20);1H. The van der Waals surface area contributed by atoms with Crippen molar-refractivity contribution < 1.29 is 4.74 Å². The Morgan fingerprint density at radius 1 is 1.27 bits per heavy atom. The van der Waals surface area contributed by atoms with Crippen LogP contribution < -0.4 is 15.4 Å². The van der Waals surface area contributed by atoms with E-state index in [9.17, 15) is 0 Å². The normalized spacial score (nSPS) is 15.9. The number of aryl methyl sites for hydroxylation is 1. The average Bonchev–Trinajstić information content (AvgIpc) is 2.52. The Morgan fingerprint density at radius 2 is 2.00 bits per heavy atom. The van der Waals surface area contributed by atoms with Crippen molar-refractivity contribution in [2.75, 3.05) is 14.2 Å². The molecule has 0 heterocycles. The van der Waals surface area contributed by atoms with E-state index in [-0.39, 0.29) is 24.0 Å². The van der Waals surface area contributed by atoms with Crippen LogP contribution >= 0.6 is 24.0 Å². The topological polar surface area (TPSA) is 45.7 Å². The number of hydrogen-bond acceptors (Lipinski definition) is 2. The third kappa shape index (κ3) is 5.66. The number of methoxy groups -OCH3 is 1. The Kier molecular flexibility index (Phi) is 8.60. The summed E-state index contributed by atoms with van der Waals surface area (Å²) in [7, 11) is 3.54. The molecule has 0 aliphatic heterocycles. The zero-order valence-electron chi connectivity index (χ0n) is 13.8. The van der Waals surface area contributed by atoms with Crippen molar-refractivity contribution in [3.63, 3.8) is 0 Å². The minimum absolute atomic E-state index is 0. The Hall–Kier alpha value is -0.980. The maximum absolute atomic E-state index is 5.29. The van der Waals surface area contributed by atoms with E-state index >= 15 is 0 Å². The summed E-state index contributed by atoms with van der Waals surface area (Å²) in [5, 5.41) is 6.92. The van der Waals surface area contributed by atoms with Crippen molar-refractivity contribution in [2.45, 2.75) is 51.6 Å². The molecule has 1 aliphatic carbocycles. The van der Waals surface area contributed by atoms with Gasteiger partial charge >= 0.3 is 0 Å². The van der Waals surface area contributed by atoms with E-state index in [1.807, 2.05) is 13.1 Å². The minimum atomic E-state index is 0. The smallest absolute Gasteiger partial charge is 0.191 e. The van der Waals surface area contributed by atoms with E-state index in [0.29, 0.717) is 6.04 Å². The number of guanidine groups is 1. The first kappa shape index (κ1) is 19.1. The van der Waals surface area contributed by atoms with Crippen molar-refractivity contribution in [3.8, 4) is 5.75 Å². The highest BCUT2D eigenvalue weighted by Crippen LogP contribution is 2.19. The van der Waals surface area contributed by atoms with Crippen LogP contribution in [-0.2, 0) is 6.54 Å². The van der Waals surface area contributed by atoms with Gasteiger partial charge in [-0.1, -0.05) is 31.4 Å². The molecule has 4 nitrogen and oxygen atoms in total. The summed E-state index contributed by atoms with van der Waals surface area (Å²) in [6.45, 7) is 2.84. The van der Waals surface area contributed by atoms with Gasteiger partial charge in [-0.15, -0.1) is 24.0 Å². The molecular weight excluding hydrogens is 389 g/mol. The molecule has 0 radical (unpaired) electrons. The van der Waals surface area contributed by atoms with E-state index in [1.54, 1.807) is 7.11 Å². The Bertz CT molecular complexity index is 485. The summed E-state index contributed by atoms with van der Waals surface area (Å²) in [5.41, 5.74) is 2.40. The predicted octanol–water partition coefficient (Wildman–Crippen LogP) is 3.62.